The molecule has 0 atom stereocenters. The van der Waals surface area contributed by atoms with Crippen molar-refractivity contribution in [1.29, 1.82) is 0 Å². The molecule has 0 aliphatic heterocycles. The highest BCUT2D eigenvalue weighted by atomic mass is 32.1. The third kappa shape index (κ3) is 2.38. The fourth-order valence-electron chi connectivity index (χ4n) is 2.32. The van der Waals surface area contributed by atoms with Gasteiger partial charge in [-0.15, -0.1) is 11.3 Å². The molecule has 1 aromatic heterocycles. The van der Waals surface area contributed by atoms with Gasteiger partial charge >= 0.3 is 0 Å². The Kier molecular flexibility index (Phi) is 3.29. The second kappa shape index (κ2) is 4.94. The first kappa shape index (κ1) is 12.6. The summed E-state index contributed by atoms with van der Waals surface area (Å²) in [6, 6.07) is 6.21. The molecule has 0 radical (unpaired) electrons. The Hall–Kier alpha value is -1.39. The lowest BCUT2D eigenvalue weighted by molar-refractivity contribution is 0.412. The number of hydrogen-bond acceptors (Lipinski definition) is 4. The minimum Gasteiger partial charge on any atom is -0.496 e. The highest BCUT2D eigenvalue weighted by Crippen LogP contribution is 2.44. The van der Waals surface area contributed by atoms with Crippen LogP contribution in [0.1, 0.15) is 34.9 Å². The molecular weight excluding hydrogens is 256 g/mol. The van der Waals surface area contributed by atoms with Gasteiger partial charge in [-0.3, -0.25) is 0 Å². The van der Waals surface area contributed by atoms with Crippen molar-refractivity contribution in [2.45, 2.75) is 32.2 Å². The van der Waals surface area contributed by atoms with E-state index in [1.54, 1.807) is 18.4 Å². The van der Waals surface area contributed by atoms with E-state index in [-0.39, 0.29) is 0 Å². The Morgan fingerprint density at radius 3 is 2.79 bits per heavy atom. The zero-order valence-electron chi connectivity index (χ0n) is 11.3. The largest absolute Gasteiger partial charge is 0.496 e. The predicted octanol–water partition coefficient (Wildman–Crippen LogP) is 3.46. The topological polar surface area (TPSA) is 48.1 Å². The summed E-state index contributed by atoms with van der Waals surface area (Å²) in [5.74, 6) is 1.57. The van der Waals surface area contributed by atoms with Crippen molar-refractivity contribution in [1.82, 2.24) is 4.98 Å². The third-order valence-electron chi connectivity index (χ3n) is 3.52. The molecular formula is C15H18N2OS. The van der Waals surface area contributed by atoms with Crippen molar-refractivity contribution in [3.8, 4) is 16.3 Å². The van der Waals surface area contributed by atoms with Gasteiger partial charge in [-0.2, -0.15) is 0 Å². The lowest BCUT2D eigenvalue weighted by Crippen LogP contribution is -1.96. The highest BCUT2D eigenvalue weighted by molar-refractivity contribution is 7.15. The van der Waals surface area contributed by atoms with E-state index >= 15 is 0 Å². The molecule has 1 aliphatic carbocycles. The SMILES string of the molecule is COc1ccc(-c2nc(C3CC3)c(CN)s2)cc1C. The lowest BCUT2D eigenvalue weighted by Gasteiger charge is -2.05. The highest BCUT2D eigenvalue weighted by Gasteiger charge is 2.29. The average molecular weight is 274 g/mol. The Morgan fingerprint density at radius 1 is 1.42 bits per heavy atom. The van der Waals surface area contributed by atoms with E-state index in [0.29, 0.717) is 12.5 Å². The van der Waals surface area contributed by atoms with Gasteiger partial charge in [0, 0.05) is 22.9 Å². The summed E-state index contributed by atoms with van der Waals surface area (Å²) in [5, 5.41) is 1.08. The number of thiazole rings is 1. The van der Waals surface area contributed by atoms with Gasteiger partial charge in [-0.25, -0.2) is 4.98 Å². The summed E-state index contributed by atoms with van der Waals surface area (Å²) < 4.78 is 5.30. The van der Waals surface area contributed by atoms with Gasteiger partial charge in [0.15, 0.2) is 0 Å². The molecule has 1 aromatic carbocycles. The quantitative estimate of drug-likeness (QED) is 0.928. The molecule has 0 unspecified atom stereocenters. The maximum absolute atomic E-state index is 5.83. The van der Waals surface area contributed by atoms with E-state index in [1.807, 2.05) is 6.07 Å². The molecule has 0 amide bonds. The molecule has 2 aromatic rings. The zero-order chi connectivity index (χ0) is 13.4. The van der Waals surface area contributed by atoms with Gasteiger partial charge in [0.2, 0.25) is 0 Å². The number of hydrogen-bond donors (Lipinski definition) is 1. The van der Waals surface area contributed by atoms with Gasteiger partial charge in [0.05, 0.1) is 12.8 Å². The van der Waals surface area contributed by atoms with E-state index in [0.717, 1.165) is 21.9 Å². The molecule has 0 bridgehead atoms. The van der Waals surface area contributed by atoms with Crippen molar-refractivity contribution in [3.63, 3.8) is 0 Å². The fraction of sp³-hybridized carbons (Fsp3) is 0.400. The van der Waals surface area contributed by atoms with Crippen molar-refractivity contribution >= 4 is 11.3 Å². The number of nitrogens with two attached hydrogens (primary N) is 1. The second-order valence-electron chi connectivity index (χ2n) is 4.99. The molecule has 0 saturated heterocycles. The van der Waals surface area contributed by atoms with Gasteiger partial charge in [0.25, 0.3) is 0 Å². The molecule has 4 heteroatoms. The summed E-state index contributed by atoms with van der Waals surface area (Å²) in [4.78, 5) is 6.05. The number of nitrogens with zero attached hydrogens (tertiary/aromatic N) is 1. The first-order valence-electron chi connectivity index (χ1n) is 6.57. The van der Waals surface area contributed by atoms with Crippen LogP contribution in [0.3, 0.4) is 0 Å². The lowest BCUT2D eigenvalue weighted by atomic mass is 10.1. The monoisotopic (exact) mass is 274 g/mol. The smallest absolute Gasteiger partial charge is 0.123 e. The molecule has 19 heavy (non-hydrogen) atoms. The second-order valence-corrected chi connectivity index (χ2v) is 6.07. The normalized spacial score (nSPS) is 14.7. The predicted molar refractivity (Wildman–Crippen MR) is 78.7 cm³/mol. The number of aryl methyl sites for hydroxylation is 1. The average Bonchev–Trinajstić information content (AvgIpc) is 3.18. The van der Waals surface area contributed by atoms with E-state index in [4.69, 9.17) is 15.5 Å². The minimum atomic E-state index is 0.596. The molecule has 1 fully saturated rings. The van der Waals surface area contributed by atoms with Crippen LogP contribution in [-0.2, 0) is 6.54 Å². The van der Waals surface area contributed by atoms with Gasteiger partial charge in [-0.05, 0) is 43.5 Å². The number of methoxy groups -OCH3 is 1. The Morgan fingerprint density at radius 2 is 2.21 bits per heavy atom. The van der Waals surface area contributed by atoms with Crippen LogP contribution in [0.25, 0.3) is 10.6 Å². The van der Waals surface area contributed by atoms with Crippen LogP contribution in [0.5, 0.6) is 5.75 Å². The van der Waals surface area contributed by atoms with Crippen molar-refractivity contribution < 1.29 is 4.74 Å². The first-order chi connectivity index (χ1) is 9.22. The van der Waals surface area contributed by atoms with E-state index in [9.17, 15) is 0 Å². The number of rotatable bonds is 4. The summed E-state index contributed by atoms with van der Waals surface area (Å²) in [7, 11) is 1.70. The molecule has 3 nitrogen and oxygen atoms in total. The molecule has 2 N–H and O–H groups in total. The standard InChI is InChI=1S/C15H18N2OS/c1-9-7-11(5-6-12(9)18-2)15-17-14(10-3-4-10)13(8-16)19-15/h5-7,10H,3-4,8,16H2,1-2H3. The summed E-state index contributed by atoms with van der Waals surface area (Å²) in [6.45, 7) is 2.65. The van der Waals surface area contributed by atoms with Crippen LogP contribution in [0.4, 0.5) is 0 Å². The first-order valence-corrected chi connectivity index (χ1v) is 7.39. The van der Waals surface area contributed by atoms with Crippen molar-refractivity contribution in [3.05, 3.63) is 34.3 Å². The van der Waals surface area contributed by atoms with Crippen molar-refractivity contribution in [2.24, 2.45) is 5.73 Å². The van der Waals surface area contributed by atoms with Gasteiger partial charge < -0.3 is 10.5 Å². The Labute approximate surface area is 117 Å². The van der Waals surface area contributed by atoms with Gasteiger partial charge in [0.1, 0.15) is 10.8 Å². The summed E-state index contributed by atoms with van der Waals surface area (Å²) >= 11 is 1.73. The van der Waals surface area contributed by atoms with Gasteiger partial charge in [-0.1, -0.05) is 0 Å². The van der Waals surface area contributed by atoms with E-state index in [2.05, 4.69) is 19.1 Å². The molecule has 0 spiro atoms. The maximum atomic E-state index is 5.83. The molecule has 1 heterocycles. The summed E-state index contributed by atoms with van der Waals surface area (Å²) in [6.07, 6.45) is 2.52. The molecule has 100 valence electrons. The zero-order valence-corrected chi connectivity index (χ0v) is 12.1. The summed E-state index contributed by atoms with van der Waals surface area (Å²) in [5.41, 5.74) is 9.36. The molecule has 1 saturated carbocycles. The third-order valence-corrected chi connectivity index (χ3v) is 4.66. The van der Waals surface area contributed by atoms with Crippen LogP contribution >= 0.6 is 11.3 Å². The maximum Gasteiger partial charge on any atom is 0.123 e. The molecule has 1 aliphatic rings. The molecule has 3 rings (SSSR count). The van der Waals surface area contributed by atoms with E-state index < -0.39 is 0 Å². The van der Waals surface area contributed by atoms with Crippen LogP contribution in [0.2, 0.25) is 0 Å². The minimum absolute atomic E-state index is 0.596. The Balaban J connectivity index is 1.99. The number of benzene rings is 1. The van der Waals surface area contributed by atoms with Crippen LogP contribution in [0, 0.1) is 6.92 Å². The van der Waals surface area contributed by atoms with Crippen LogP contribution in [0.15, 0.2) is 18.2 Å². The number of aromatic nitrogens is 1. The van der Waals surface area contributed by atoms with E-state index in [1.165, 1.54) is 23.4 Å². The Bertz CT molecular complexity index is 602. The fourth-order valence-corrected chi connectivity index (χ4v) is 3.34. The van der Waals surface area contributed by atoms with Crippen molar-refractivity contribution in [2.75, 3.05) is 7.11 Å². The number of ether oxygens (including phenoxy) is 1. The van der Waals surface area contributed by atoms with Crippen LogP contribution in [-0.4, -0.2) is 12.1 Å². The van der Waals surface area contributed by atoms with Crippen LogP contribution < -0.4 is 10.5 Å².